The highest BCUT2D eigenvalue weighted by molar-refractivity contribution is 6.10. The summed E-state index contributed by atoms with van der Waals surface area (Å²) < 4.78 is 45.9. The van der Waals surface area contributed by atoms with Crippen LogP contribution in [0, 0.1) is 11.3 Å². The van der Waals surface area contributed by atoms with Crippen LogP contribution in [0.3, 0.4) is 0 Å². The molecule has 0 bridgehead atoms. The summed E-state index contributed by atoms with van der Waals surface area (Å²) in [5.41, 5.74) is 13.6. The van der Waals surface area contributed by atoms with Gasteiger partial charge in [-0.1, -0.05) is 0 Å². The first kappa shape index (κ1) is 26.7. The van der Waals surface area contributed by atoms with Crippen LogP contribution in [0.1, 0.15) is 41.1 Å². The molecule has 2 aromatic heterocycles. The van der Waals surface area contributed by atoms with Gasteiger partial charge in [-0.25, -0.2) is 0 Å². The topological polar surface area (TPSA) is 150 Å². The van der Waals surface area contributed by atoms with Gasteiger partial charge in [0, 0.05) is 38.6 Å². The summed E-state index contributed by atoms with van der Waals surface area (Å²) in [5, 5.41) is 13.2. The Bertz CT molecular complexity index is 1190. The number of nitrogens with zero attached hydrogens (tertiary/aromatic N) is 3. The van der Waals surface area contributed by atoms with E-state index < -0.39 is 24.0 Å². The lowest BCUT2D eigenvalue weighted by Crippen LogP contribution is -2.52. The second-order valence-corrected chi connectivity index (χ2v) is 9.78. The van der Waals surface area contributed by atoms with Crippen molar-refractivity contribution in [2.24, 2.45) is 11.7 Å². The maximum atomic E-state index is 13.4. The van der Waals surface area contributed by atoms with Gasteiger partial charge in [0.25, 0.3) is 5.91 Å². The molecule has 0 radical (unpaired) electrons. The molecule has 2 aliphatic heterocycles. The number of carbonyl (C=O) groups is 1. The van der Waals surface area contributed by atoms with E-state index in [-0.39, 0.29) is 48.0 Å². The number of nitrogens with two attached hydrogens (primary N) is 2. The van der Waals surface area contributed by atoms with Crippen LogP contribution in [0.15, 0.2) is 28.2 Å². The fraction of sp³-hybridized carbons (Fsp3) is 0.542. The van der Waals surface area contributed by atoms with Gasteiger partial charge in [-0.2, -0.15) is 13.2 Å². The fourth-order valence-electron chi connectivity index (χ4n) is 5.17. The minimum atomic E-state index is -4.41. The number of amides is 1. The largest absolute Gasteiger partial charge is 0.438 e. The number of fused-ring (bicyclic) bond motifs is 1. The van der Waals surface area contributed by atoms with Gasteiger partial charge in [0.05, 0.1) is 11.6 Å². The number of nitrogen functional groups attached to an aromatic ring is 1. The highest BCUT2D eigenvalue weighted by Gasteiger charge is 2.44. The lowest BCUT2D eigenvalue weighted by atomic mass is 9.90. The molecule has 0 unspecified atom stereocenters. The van der Waals surface area contributed by atoms with Crippen molar-refractivity contribution in [2.75, 3.05) is 46.0 Å². The fourth-order valence-corrected chi connectivity index (χ4v) is 5.17. The summed E-state index contributed by atoms with van der Waals surface area (Å²) in [5.74, 6) is -1.96. The highest BCUT2D eigenvalue weighted by Crippen LogP contribution is 2.35. The van der Waals surface area contributed by atoms with Gasteiger partial charge in [0.15, 0.2) is 5.58 Å². The third-order valence-corrected chi connectivity index (χ3v) is 7.14. The zero-order valence-electron chi connectivity index (χ0n) is 20.9. The number of rotatable bonds is 6. The zero-order valence-corrected chi connectivity index (χ0v) is 20.9. The second kappa shape index (κ2) is 10.6. The summed E-state index contributed by atoms with van der Waals surface area (Å²) in [6.07, 6.45) is -0.0391. The zero-order chi connectivity index (χ0) is 26.9. The van der Waals surface area contributed by atoms with Gasteiger partial charge in [-0.05, 0) is 56.9 Å². The van der Waals surface area contributed by atoms with E-state index in [2.05, 4.69) is 27.6 Å². The average Bonchev–Trinajstić information content (AvgIpc) is 3.18. The van der Waals surface area contributed by atoms with E-state index in [9.17, 15) is 18.0 Å². The van der Waals surface area contributed by atoms with Crippen molar-refractivity contribution in [3.63, 3.8) is 0 Å². The van der Waals surface area contributed by atoms with Crippen molar-refractivity contribution in [2.45, 2.75) is 37.4 Å². The maximum absolute atomic E-state index is 13.4. The number of furan rings is 1. The van der Waals surface area contributed by atoms with Gasteiger partial charge < -0.3 is 41.7 Å². The van der Waals surface area contributed by atoms with E-state index in [0.717, 1.165) is 37.7 Å². The lowest BCUT2D eigenvalue weighted by molar-refractivity contribution is -0.186. The summed E-state index contributed by atoms with van der Waals surface area (Å²) in [6, 6.07) is 1.13. The van der Waals surface area contributed by atoms with Crippen LogP contribution in [0.25, 0.3) is 11.1 Å². The number of piperidine rings is 2. The first-order valence-electron chi connectivity index (χ1n) is 12.2. The first-order chi connectivity index (χ1) is 17.5. The molecule has 4 heterocycles. The monoisotopic (exact) mass is 522 g/mol. The van der Waals surface area contributed by atoms with E-state index in [1.807, 2.05) is 6.07 Å². The van der Waals surface area contributed by atoms with E-state index in [1.165, 1.54) is 11.9 Å². The average molecular weight is 523 g/mol. The SMILES string of the molecule is CN/C(=C(\C=N)NC(=O)c1c(N)oc2cc(C3CCN(C)CC3)cnc12)N1C[C@@H](N)C[C@@H](C(F)(F)F)C1. The normalized spacial score (nSPS) is 22.6. The van der Waals surface area contributed by atoms with Crippen molar-refractivity contribution in [1.29, 1.82) is 5.41 Å². The molecule has 2 aliphatic rings. The van der Waals surface area contributed by atoms with E-state index in [0.29, 0.717) is 11.5 Å². The van der Waals surface area contributed by atoms with Gasteiger partial charge in [0.1, 0.15) is 16.9 Å². The molecule has 13 heteroatoms. The predicted octanol–water partition coefficient (Wildman–Crippen LogP) is 2.20. The van der Waals surface area contributed by atoms with Gasteiger partial charge in [0.2, 0.25) is 5.88 Å². The highest BCUT2D eigenvalue weighted by atomic mass is 19.4. The molecule has 0 saturated carbocycles. The second-order valence-electron chi connectivity index (χ2n) is 9.78. The third-order valence-electron chi connectivity index (χ3n) is 7.14. The summed E-state index contributed by atoms with van der Waals surface area (Å²) >= 11 is 0. The number of pyridine rings is 1. The Morgan fingerprint density at radius 2 is 2.00 bits per heavy atom. The molecule has 0 aliphatic carbocycles. The van der Waals surface area contributed by atoms with E-state index in [1.54, 1.807) is 6.20 Å². The Balaban J connectivity index is 1.59. The van der Waals surface area contributed by atoms with Crippen molar-refractivity contribution >= 4 is 29.1 Å². The molecule has 2 saturated heterocycles. The van der Waals surface area contributed by atoms with Crippen LogP contribution in [-0.4, -0.2) is 79.4 Å². The van der Waals surface area contributed by atoms with Gasteiger partial charge >= 0.3 is 6.18 Å². The third kappa shape index (κ3) is 5.67. The number of alkyl halides is 3. The summed E-state index contributed by atoms with van der Waals surface area (Å²) in [4.78, 5) is 21.4. The van der Waals surface area contributed by atoms with Crippen LogP contribution in [0.5, 0.6) is 0 Å². The number of anilines is 1. The van der Waals surface area contributed by atoms with Crippen LogP contribution >= 0.6 is 0 Å². The smallest absolute Gasteiger partial charge is 0.393 e. The molecule has 0 aromatic carbocycles. The minimum absolute atomic E-state index is 0.00300. The van der Waals surface area contributed by atoms with Crippen LogP contribution in [-0.2, 0) is 0 Å². The van der Waals surface area contributed by atoms with Crippen molar-refractivity contribution in [3.8, 4) is 0 Å². The Labute approximate surface area is 212 Å². The van der Waals surface area contributed by atoms with E-state index in [4.69, 9.17) is 21.3 Å². The number of likely N-dealkylation sites (tertiary alicyclic amines) is 2. The number of aromatic nitrogens is 1. The number of halogens is 3. The van der Waals surface area contributed by atoms with Crippen molar-refractivity contribution in [3.05, 3.63) is 34.9 Å². The molecule has 37 heavy (non-hydrogen) atoms. The molecular weight excluding hydrogens is 489 g/mol. The molecule has 2 atom stereocenters. The Kier molecular flexibility index (Phi) is 7.64. The lowest BCUT2D eigenvalue weighted by Gasteiger charge is -2.39. The quantitative estimate of drug-likeness (QED) is 0.363. The molecule has 0 spiro atoms. The minimum Gasteiger partial charge on any atom is -0.438 e. The van der Waals surface area contributed by atoms with E-state index >= 15 is 0 Å². The molecule has 2 aromatic rings. The molecule has 4 rings (SSSR count). The molecule has 7 N–H and O–H groups in total. The van der Waals surface area contributed by atoms with Gasteiger partial charge in [-0.15, -0.1) is 0 Å². The van der Waals surface area contributed by atoms with Crippen LogP contribution < -0.4 is 22.1 Å². The summed E-state index contributed by atoms with van der Waals surface area (Å²) in [7, 11) is 3.59. The number of hydrogen-bond donors (Lipinski definition) is 5. The Morgan fingerprint density at radius 3 is 2.62 bits per heavy atom. The molecular formula is C24H33F3N8O2. The summed E-state index contributed by atoms with van der Waals surface area (Å²) in [6.45, 7) is 1.75. The molecule has 10 nitrogen and oxygen atoms in total. The standard InChI is InChI=1S/C24H33F3N8O2/c1-31-22(35-11-15(24(25,26)27)8-16(29)12-35)17(9-28)33-23(36)19-20-18(37-21(19)30)7-14(10-32-20)13-3-5-34(2)6-4-13/h7,9-10,13,15-16,28,31H,3-6,8,11-12,29-30H2,1-2H3,(H,33,36)/b22-17-,28-9?/t15-,16+/m1/s1. The van der Waals surface area contributed by atoms with Crippen molar-refractivity contribution < 1.29 is 22.4 Å². The van der Waals surface area contributed by atoms with Crippen LogP contribution in [0.4, 0.5) is 19.1 Å². The molecule has 1 amide bonds. The number of carbonyl (C=O) groups excluding carboxylic acids is 1. The maximum Gasteiger partial charge on any atom is 0.393 e. The van der Waals surface area contributed by atoms with Crippen LogP contribution in [0.2, 0.25) is 0 Å². The predicted molar refractivity (Wildman–Crippen MR) is 134 cm³/mol. The number of allylic oxidation sites excluding steroid dienone is 1. The number of hydrogen-bond acceptors (Lipinski definition) is 9. The Morgan fingerprint density at radius 1 is 1.30 bits per heavy atom. The van der Waals surface area contributed by atoms with Crippen molar-refractivity contribution in [1.82, 2.24) is 25.4 Å². The number of nitrogens with one attached hydrogen (secondary N) is 3. The first-order valence-corrected chi connectivity index (χ1v) is 12.2. The van der Waals surface area contributed by atoms with Gasteiger partial charge in [-0.3, -0.25) is 9.78 Å². The molecule has 2 fully saturated rings. The molecule has 202 valence electrons. The Hall–Kier alpha value is -3.32.